The van der Waals surface area contributed by atoms with E-state index in [1.54, 1.807) is 0 Å². The zero-order chi connectivity index (χ0) is 67.5. The van der Waals surface area contributed by atoms with Crippen molar-refractivity contribution in [3.63, 3.8) is 0 Å². The van der Waals surface area contributed by atoms with Crippen LogP contribution >= 0.6 is 0 Å². The first kappa shape index (κ1) is 82.4. The molecular weight excluding hydrogens is 1230 g/mol. The average Bonchev–Trinajstić information content (AvgIpc) is 3.60. The first-order valence-corrected chi connectivity index (χ1v) is 37.0. The quantitative estimate of drug-likeness (QED) is 0.0814. The molecule has 22 heteroatoms. The molecule has 3 heterocycles. The number of rotatable bonds is 26. The Kier molecular flexibility index (Phi) is 50.3. The van der Waals surface area contributed by atoms with Crippen molar-refractivity contribution >= 4 is 23.6 Å². The molecule has 0 spiro atoms. The molecule has 96 heavy (non-hydrogen) atoms. The number of carbonyl (C=O) groups is 4. The summed E-state index contributed by atoms with van der Waals surface area (Å²) < 4.78 is 70.7. The highest BCUT2D eigenvalue weighted by atomic mass is 16.5. The molecule has 3 aliphatic rings. The molecule has 0 N–H and O–H groups in total. The third kappa shape index (κ3) is 43.3. The summed E-state index contributed by atoms with van der Waals surface area (Å²) in [5.74, 6) is 0.527. The van der Waals surface area contributed by atoms with Crippen LogP contribution in [0.5, 0.6) is 0 Å². The second-order valence-electron chi connectivity index (χ2n) is 25.1. The number of hydrogen-bond acceptors (Lipinski definition) is 18. The summed E-state index contributed by atoms with van der Waals surface area (Å²) in [6.45, 7) is 20.6. The molecule has 0 aliphatic carbocycles. The lowest BCUT2D eigenvalue weighted by Crippen LogP contribution is -2.38. The van der Waals surface area contributed by atoms with E-state index in [1.807, 2.05) is 31.7 Å². The molecule has 3 aliphatic heterocycles. The molecule has 0 unspecified atom stereocenters. The summed E-state index contributed by atoms with van der Waals surface area (Å²) in [6.07, 6.45) is 18.3. The Morgan fingerprint density at radius 2 is 0.385 bits per heavy atom. The van der Waals surface area contributed by atoms with Crippen LogP contribution in [-0.2, 0) is 89.1 Å². The SMILES string of the molecule is O=C(CCCCCCCCCCC(=O)N1CCOCCOCCN(C(=O)CCCCCCCCCCC(=O)N2CCOCCOCCN(Cc3ccccc3)CCOCCOCC2)CCOCCOCC1)N1CCOCCOCCN(Cc2ccccc2)CCOCCOCC1. The Labute approximate surface area is 577 Å². The predicted octanol–water partition coefficient (Wildman–Crippen LogP) is 8.35. The van der Waals surface area contributed by atoms with E-state index in [1.165, 1.54) is 11.1 Å². The van der Waals surface area contributed by atoms with Gasteiger partial charge in [0.1, 0.15) is 0 Å². The summed E-state index contributed by atoms with van der Waals surface area (Å²) in [5, 5.41) is 0. The van der Waals surface area contributed by atoms with Crippen LogP contribution < -0.4 is 0 Å². The van der Waals surface area contributed by atoms with E-state index in [-0.39, 0.29) is 23.6 Å². The molecule has 22 nitrogen and oxygen atoms in total. The zero-order valence-corrected chi connectivity index (χ0v) is 59.0. The molecule has 548 valence electrons. The normalized spacial score (nSPS) is 19.4. The average molecular weight is 1360 g/mol. The van der Waals surface area contributed by atoms with E-state index in [4.69, 9.17) is 56.8 Å². The van der Waals surface area contributed by atoms with Crippen molar-refractivity contribution in [2.24, 2.45) is 0 Å². The van der Waals surface area contributed by atoms with Gasteiger partial charge >= 0.3 is 0 Å². The predicted molar refractivity (Wildman–Crippen MR) is 372 cm³/mol. The fourth-order valence-corrected chi connectivity index (χ4v) is 11.6. The van der Waals surface area contributed by atoms with Crippen LogP contribution in [0.4, 0.5) is 0 Å². The van der Waals surface area contributed by atoms with Crippen LogP contribution in [0, 0.1) is 0 Å². The molecule has 0 saturated carbocycles. The lowest BCUT2D eigenvalue weighted by molar-refractivity contribution is -0.134. The maximum Gasteiger partial charge on any atom is 0.222 e. The van der Waals surface area contributed by atoms with Gasteiger partial charge in [0.25, 0.3) is 0 Å². The largest absolute Gasteiger partial charge is 0.378 e. The van der Waals surface area contributed by atoms with Gasteiger partial charge in [-0.3, -0.25) is 29.0 Å². The first-order chi connectivity index (χ1) is 47.4. The minimum absolute atomic E-state index is 0.120. The van der Waals surface area contributed by atoms with Crippen molar-refractivity contribution in [2.45, 2.75) is 142 Å². The van der Waals surface area contributed by atoms with Crippen LogP contribution in [-0.4, -0.2) is 290 Å². The summed E-state index contributed by atoms with van der Waals surface area (Å²) in [6, 6.07) is 20.9. The minimum atomic E-state index is 0.120. The lowest BCUT2D eigenvalue weighted by Gasteiger charge is -2.24. The molecule has 4 amide bonds. The van der Waals surface area contributed by atoms with E-state index in [2.05, 4.69) is 58.3 Å². The van der Waals surface area contributed by atoms with Crippen molar-refractivity contribution in [3.8, 4) is 0 Å². The summed E-state index contributed by atoms with van der Waals surface area (Å²) in [4.78, 5) is 65.5. The molecule has 2 aromatic rings. The molecular formula is C74H126N6O16. The summed E-state index contributed by atoms with van der Waals surface area (Å²) in [5.41, 5.74) is 2.53. The van der Waals surface area contributed by atoms with Gasteiger partial charge in [0.05, 0.1) is 159 Å². The molecule has 0 aromatic heterocycles. The van der Waals surface area contributed by atoms with Gasteiger partial charge in [0, 0.05) is 117 Å². The van der Waals surface area contributed by atoms with E-state index in [0.29, 0.717) is 237 Å². The highest BCUT2D eigenvalue weighted by Crippen LogP contribution is 2.16. The number of nitrogens with zero attached hydrogens (tertiary/aromatic N) is 6. The number of unbranched alkanes of at least 4 members (excludes halogenated alkanes) is 14. The third-order valence-corrected chi connectivity index (χ3v) is 17.5. The molecule has 0 bridgehead atoms. The van der Waals surface area contributed by atoms with Crippen molar-refractivity contribution < 1.29 is 76.0 Å². The van der Waals surface area contributed by atoms with Gasteiger partial charge in [-0.1, -0.05) is 138 Å². The summed E-state index contributed by atoms with van der Waals surface area (Å²) in [7, 11) is 0. The topological polar surface area (TPSA) is 198 Å². The highest BCUT2D eigenvalue weighted by Gasteiger charge is 2.19. The van der Waals surface area contributed by atoms with Gasteiger partial charge in [-0.25, -0.2) is 0 Å². The van der Waals surface area contributed by atoms with Gasteiger partial charge < -0.3 is 76.4 Å². The number of carbonyl (C=O) groups excluding carboxylic acids is 4. The van der Waals surface area contributed by atoms with Gasteiger partial charge in [-0.15, -0.1) is 0 Å². The van der Waals surface area contributed by atoms with Crippen LogP contribution in [0.25, 0.3) is 0 Å². The van der Waals surface area contributed by atoms with E-state index >= 15 is 0 Å². The van der Waals surface area contributed by atoms with Crippen molar-refractivity contribution in [1.82, 2.24) is 29.4 Å². The van der Waals surface area contributed by atoms with Crippen LogP contribution in [0.2, 0.25) is 0 Å². The molecule has 0 atom stereocenters. The maximum absolute atomic E-state index is 13.4. The van der Waals surface area contributed by atoms with Crippen LogP contribution in [0.15, 0.2) is 60.7 Å². The second kappa shape index (κ2) is 58.5. The fraction of sp³-hybridized carbons (Fsp3) is 0.784. The van der Waals surface area contributed by atoms with E-state index in [9.17, 15) is 19.2 Å². The molecule has 0 radical (unpaired) electrons. The summed E-state index contributed by atoms with van der Waals surface area (Å²) >= 11 is 0. The smallest absolute Gasteiger partial charge is 0.222 e. The van der Waals surface area contributed by atoms with Gasteiger partial charge in [-0.2, -0.15) is 0 Å². The standard InChI is InChI=1S/C74H126N6O16/c81-71(77-35-47-89-59-55-85-43-31-75(67-69-23-15-13-16-24-69)32-44-86-56-60-90-48-36-77)27-19-9-5-1-3-7-11-21-29-73(83)79-39-51-93-63-65-95-53-41-80(42-54-96-66-64-94-52-40-79)74(84)30-22-12-8-4-2-6-10-20-28-72(82)78-37-49-91-61-57-87-45-33-76(68-70-25-17-14-18-26-70)34-46-88-58-62-92-50-38-78/h13-18,23-26H,1-12,19-22,27-68H2. The Morgan fingerprint density at radius 3 is 0.573 bits per heavy atom. The van der Waals surface area contributed by atoms with Gasteiger partial charge in [0.15, 0.2) is 0 Å². The van der Waals surface area contributed by atoms with Gasteiger partial charge in [0.2, 0.25) is 23.6 Å². The molecule has 3 saturated heterocycles. The molecule has 5 rings (SSSR count). The number of hydrogen-bond donors (Lipinski definition) is 0. The maximum atomic E-state index is 13.4. The zero-order valence-electron chi connectivity index (χ0n) is 59.0. The van der Waals surface area contributed by atoms with Crippen LogP contribution in [0.1, 0.15) is 140 Å². The first-order valence-electron chi connectivity index (χ1n) is 37.0. The second-order valence-corrected chi connectivity index (χ2v) is 25.1. The van der Waals surface area contributed by atoms with E-state index < -0.39 is 0 Å². The van der Waals surface area contributed by atoms with Crippen LogP contribution in [0.3, 0.4) is 0 Å². The fourth-order valence-electron chi connectivity index (χ4n) is 11.6. The Balaban J connectivity index is 0.830. The number of ether oxygens (including phenoxy) is 12. The van der Waals surface area contributed by atoms with Crippen molar-refractivity contribution in [1.29, 1.82) is 0 Å². The Bertz CT molecular complexity index is 1970. The van der Waals surface area contributed by atoms with Gasteiger partial charge in [-0.05, 0) is 36.8 Å². The minimum Gasteiger partial charge on any atom is -0.378 e. The monoisotopic (exact) mass is 1350 g/mol. The van der Waals surface area contributed by atoms with Crippen molar-refractivity contribution in [2.75, 3.05) is 237 Å². The lowest BCUT2D eigenvalue weighted by atomic mass is 10.1. The molecule has 2 aromatic carbocycles. The number of amides is 4. The van der Waals surface area contributed by atoms with E-state index in [0.717, 1.165) is 142 Å². The Hall–Kier alpha value is -4.24. The number of benzene rings is 2. The highest BCUT2D eigenvalue weighted by molar-refractivity contribution is 5.77. The van der Waals surface area contributed by atoms with Crippen molar-refractivity contribution in [3.05, 3.63) is 71.8 Å². The Morgan fingerprint density at radius 1 is 0.219 bits per heavy atom. The molecule has 3 fully saturated rings. The third-order valence-electron chi connectivity index (χ3n) is 17.5.